The zero-order valence-electron chi connectivity index (χ0n) is 10.5. The van der Waals surface area contributed by atoms with Crippen LogP contribution < -0.4 is 5.32 Å². The Hall–Kier alpha value is -0.450. The van der Waals surface area contributed by atoms with Gasteiger partial charge in [-0.2, -0.15) is 0 Å². The lowest BCUT2D eigenvalue weighted by atomic mass is 10.1. The molecule has 1 atom stereocenters. The summed E-state index contributed by atoms with van der Waals surface area (Å²) < 4.78 is 0. The van der Waals surface area contributed by atoms with Gasteiger partial charge >= 0.3 is 0 Å². The zero-order chi connectivity index (χ0) is 11.7. The van der Waals surface area contributed by atoms with Crippen LogP contribution in [0, 0.1) is 6.92 Å². The molecule has 1 saturated heterocycles. The van der Waals surface area contributed by atoms with Gasteiger partial charge in [-0.05, 0) is 39.2 Å². The van der Waals surface area contributed by atoms with E-state index >= 15 is 0 Å². The Morgan fingerprint density at radius 1 is 1.41 bits per heavy atom. The summed E-state index contributed by atoms with van der Waals surface area (Å²) in [5, 5.41) is 7.14. The SMILES string of the molecule is Cc1nc(CN2CCCC(NC3CC3)C2)cs1. The number of nitrogens with one attached hydrogen (secondary N) is 1. The highest BCUT2D eigenvalue weighted by atomic mass is 32.1. The Morgan fingerprint density at radius 2 is 2.29 bits per heavy atom. The fraction of sp³-hybridized carbons (Fsp3) is 0.769. The minimum absolute atomic E-state index is 0.719. The predicted octanol–water partition coefficient (Wildman–Crippen LogP) is 2.17. The number of likely N-dealkylation sites (tertiary alicyclic amines) is 1. The summed E-state index contributed by atoms with van der Waals surface area (Å²) in [7, 11) is 0. The predicted molar refractivity (Wildman–Crippen MR) is 71.3 cm³/mol. The molecule has 0 radical (unpaired) electrons. The molecule has 1 aliphatic heterocycles. The van der Waals surface area contributed by atoms with Gasteiger partial charge in [0.1, 0.15) is 0 Å². The minimum Gasteiger partial charge on any atom is -0.310 e. The van der Waals surface area contributed by atoms with Gasteiger partial charge in [-0.15, -0.1) is 11.3 Å². The van der Waals surface area contributed by atoms with Crippen molar-refractivity contribution in [1.29, 1.82) is 0 Å². The van der Waals surface area contributed by atoms with E-state index in [1.54, 1.807) is 11.3 Å². The third-order valence-electron chi connectivity index (χ3n) is 3.61. The highest BCUT2D eigenvalue weighted by molar-refractivity contribution is 7.09. The topological polar surface area (TPSA) is 28.2 Å². The molecule has 3 nitrogen and oxygen atoms in total. The molecule has 0 amide bonds. The van der Waals surface area contributed by atoms with E-state index in [0.29, 0.717) is 0 Å². The first kappa shape index (κ1) is 11.6. The van der Waals surface area contributed by atoms with Crippen molar-refractivity contribution in [3.05, 3.63) is 16.1 Å². The summed E-state index contributed by atoms with van der Waals surface area (Å²) in [6.07, 6.45) is 5.46. The lowest BCUT2D eigenvalue weighted by Crippen LogP contribution is -2.46. The second-order valence-electron chi connectivity index (χ2n) is 5.37. The molecule has 3 rings (SSSR count). The van der Waals surface area contributed by atoms with E-state index in [4.69, 9.17) is 0 Å². The van der Waals surface area contributed by atoms with Gasteiger partial charge in [-0.1, -0.05) is 0 Å². The van der Waals surface area contributed by atoms with Gasteiger partial charge in [0.15, 0.2) is 0 Å². The van der Waals surface area contributed by atoms with Crippen LogP contribution >= 0.6 is 11.3 Å². The van der Waals surface area contributed by atoms with Crippen molar-refractivity contribution in [1.82, 2.24) is 15.2 Å². The number of hydrogen-bond donors (Lipinski definition) is 1. The van der Waals surface area contributed by atoms with E-state index in [1.165, 1.54) is 49.5 Å². The molecule has 17 heavy (non-hydrogen) atoms. The molecule has 2 heterocycles. The van der Waals surface area contributed by atoms with Gasteiger partial charge in [-0.25, -0.2) is 4.98 Å². The number of nitrogens with zero attached hydrogens (tertiary/aromatic N) is 2. The summed E-state index contributed by atoms with van der Waals surface area (Å²) in [6, 6.07) is 1.55. The van der Waals surface area contributed by atoms with E-state index in [2.05, 4.69) is 27.5 Å². The van der Waals surface area contributed by atoms with Gasteiger partial charge < -0.3 is 5.32 Å². The van der Waals surface area contributed by atoms with E-state index in [1.807, 2.05) is 0 Å². The van der Waals surface area contributed by atoms with Crippen molar-refractivity contribution in [2.24, 2.45) is 0 Å². The lowest BCUT2D eigenvalue weighted by Gasteiger charge is -2.32. The third kappa shape index (κ3) is 3.27. The summed E-state index contributed by atoms with van der Waals surface area (Å²) in [4.78, 5) is 7.11. The van der Waals surface area contributed by atoms with Crippen molar-refractivity contribution in [2.45, 2.75) is 51.2 Å². The summed E-state index contributed by atoms with van der Waals surface area (Å²) >= 11 is 1.76. The smallest absolute Gasteiger partial charge is 0.0897 e. The Kier molecular flexibility index (Phi) is 3.45. The molecule has 1 aromatic rings. The fourth-order valence-electron chi connectivity index (χ4n) is 2.63. The highest BCUT2D eigenvalue weighted by Gasteiger charge is 2.27. The Labute approximate surface area is 107 Å². The van der Waals surface area contributed by atoms with Crippen molar-refractivity contribution in [3.63, 3.8) is 0 Å². The van der Waals surface area contributed by atoms with Crippen LogP contribution in [0.4, 0.5) is 0 Å². The molecule has 1 aliphatic carbocycles. The third-order valence-corrected chi connectivity index (χ3v) is 4.43. The van der Waals surface area contributed by atoms with E-state index in [9.17, 15) is 0 Å². The summed E-state index contributed by atoms with van der Waals surface area (Å²) in [5.74, 6) is 0. The summed E-state index contributed by atoms with van der Waals surface area (Å²) in [6.45, 7) is 5.56. The average molecular weight is 251 g/mol. The van der Waals surface area contributed by atoms with Crippen LogP contribution in [-0.4, -0.2) is 35.1 Å². The summed E-state index contributed by atoms with van der Waals surface area (Å²) in [5.41, 5.74) is 1.25. The first-order chi connectivity index (χ1) is 8.29. The van der Waals surface area contributed by atoms with Gasteiger partial charge in [0, 0.05) is 30.6 Å². The van der Waals surface area contributed by atoms with Crippen LogP contribution in [0.3, 0.4) is 0 Å². The minimum atomic E-state index is 0.719. The Bertz CT molecular complexity index is 372. The molecule has 0 bridgehead atoms. The van der Waals surface area contributed by atoms with E-state index in [-0.39, 0.29) is 0 Å². The average Bonchev–Trinajstić information content (AvgIpc) is 3.02. The molecule has 1 unspecified atom stereocenters. The highest BCUT2D eigenvalue weighted by Crippen LogP contribution is 2.22. The Morgan fingerprint density at radius 3 is 3.00 bits per heavy atom. The number of piperidine rings is 1. The molecule has 94 valence electrons. The second kappa shape index (κ2) is 5.04. The number of hydrogen-bond acceptors (Lipinski definition) is 4. The van der Waals surface area contributed by atoms with Crippen LogP contribution in [0.25, 0.3) is 0 Å². The van der Waals surface area contributed by atoms with Crippen molar-refractivity contribution < 1.29 is 0 Å². The van der Waals surface area contributed by atoms with Crippen molar-refractivity contribution >= 4 is 11.3 Å². The van der Waals surface area contributed by atoms with Gasteiger partial charge in [0.25, 0.3) is 0 Å². The molecule has 1 saturated carbocycles. The fourth-order valence-corrected chi connectivity index (χ4v) is 3.23. The largest absolute Gasteiger partial charge is 0.310 e. The first-order valence-electron chi connectivity index (χ1n) is 6.69. The second-order valence-corrected chi connectivity index (χ2v) is 6.44. The van der Waals surface area contributed by atoms with Gasteiger partial charge in [0.2, 0.25) is 0 Å². The van der Waals surface area contributed by atoms with Gasteiger partial charge in [-0.3, -0.25) is 4.90 Å². The maximum atomic E-state index is 4.56. The molecule has 1 aromatic heterocycles. The van der Waals surface area contributed by atoms with Crippen LogP contribution in [0.5, 0.6) is 0 Å². The molecule has 2 aliphatic rings. The molecular formula is C13H21N3S. The van der Waals surface area contributed by atoms with E-state index in [0.717, 1.165) is 18.6 Å². The maximum Gasteiger partial charge on any atom is 0.0897 e. The van der Waals surface area contributed by atoms with Crippen LogP contribution in [0.1, 0.15) is 36.4 Å². The molecular weight excluding hydrogens is 230 g/mol. The van der Waals surface area contributed by atoms with Crippen LogP contribution in [0.2, 0.25) is 0 Å². The molecule has 0 aromatic carbocycles. The lowest BCUT2D eigenvalue weighted by molar-refractivity contribution is 0.181. The van der Waals surface area contributed by atoms with Crippen LogP contribution in [0.15, 0.2) is 5.38 Å². The van der Waals surface area contributed by atoms with Crippen molar-refractivity contribution in [3.8, 4) is 0 Å². The number of aryl methyl sites for hydroxylation is 1. The van der Waals surface area contributed by atoms with Gasteiger partial charge in [0.05, 0.1) is 10.7 Å². The Balaban J connectivity index is 1.52. The monoisotopic (exact) mass is 251 g/mol. The zero-order valence-corrected chi connectivity index (χ0v) is 11.3. The molecule has 1 N–H and O–H groups in total. The normalized spacial score (nSPS) is 26.3. The molecule has 0 spiro atoms. The molecule has 2 fully saturated rings. The van der Waals surface area contributed by atoms with Crippen molar-refractivity contribution in [2.75, 3.05) is 13.1 Å². The van der Waals surface area contributed by atoms with E-state index < -0.39 is 0 Å². The van der Waals surface area contributed by atoms with Crippen LogP contribution in [-0.2, 0) is 6.54 Å². The number of thiazole rings is 1. The number of aromatic nitrogens is 1. The number of rotatable bonds is 4. The maximum absolute atomic E-state index is 4.56. The quantitative estimate of drug-likeness (QED) is 0.889. The molecule has 4 heteroatoms. The first-order valence-corrected chi connectivity index (χ1v) is 7.57. The standard InChI is InChI=1S/C13H21N3S/c1-10-14-13(9-17-10)8-16-6-2-3-12(7-16)15-11-4-5-11/h9,11-12,15H,2-8H2,1H3.